The molecule has 1 saturated carbocycles. The summed E-state index contributed by atoms with van der Waals surface area (Å²) in [4.78, 5) is 17.5. The molecule has 2 aromatic heterocycles. The van der Waals surface area contributed by atoms with Crippen molar-refractivity contribution in [2.45, 2.75) is 74.1 Å². The van der Waals surface area contributed by atoms with Gasteiger partial charge in [0.15, 0.2) is 5.82 Å². The minimum Gasteiger partial charge on any atom is -0.475 e. The van der Waals surface area contributed by atoms with E-state index in [9.17, 15) is 22.7 Å². The van der Waals surface area contributed by atoms with Gasteiger partial charge in [-0.2, -0.15) is 23.1 Å². The quantitative estimate of drug-likeness (QED) is 0.253. The molecule has 0 bridgehead atoms. The lowest BCUT2D eigenvalue weighted by molar-refractivity contribution is -0.137. The predicted octanol–water partition coefficient (Wildman–Crippen LogP) is 4.49. The second-order valence-corrected chi connectivity index (χ2v) is 14.0. The normalized spacial score (nSPS) is 30.2. The van der Waals surface area contributed by atoms with E-state index in [1.807, 2.05) is 4.90 Å². The minimum atomic E-state index is -4.97. The van der Waals surface area contributed by atoms with Gasteiger partial charge in [0, 0.05) is 49.6 Å². The number of nitrogen functional groups attached to an aromatic ring is 1. The maximum absolute atomic E-state index is 16.8. The number of halogens is 6. The Hall–Kier alpha value is -3.27. The molecule has 3 aromatic rings. The number of aliphatic hydroxyl groups is 1. The second kappa shape index (κ2) is 10.9. The summed E-state index contributed by atoms with van der Waals surface area (Å²) in [5, 5.41) is 13.2. The summed E-state index contributed by atoms with van der Waals surface area (Å²) in [6.07, 6.45) is -3.19. The number of nitrogens with zero attached hydrogens (tertiary/aromatic N) is 5. The zero-order valence-electron chi connectivity index (χ0n) is 25.2. The number of aromatic nitrogens is 3. The molecule has 1 unspecified atom stereocenters. The lowest BCUT2D eigenvalue weighted by Gasteiger charge is -2.53. The van der Waals surface area contributed by atoms with Crippen molar-refractivity contribution >= 4 is 34.0 Å². The van der Waals surface area contributed by atoms with Gasteiger partial charge >= 0.3 is 12.2 Å². The van der Waals surface area contributed by atoms with Gasteiger partial charge < -0.3 is 30.5 Å². The molecule has 47 heavy (non-hydrogen) atoms. The van der Waals surface area contributed by atoms with Gasteiger partial charge in [0.2, 0.25) is 5.88 Å². The Morgan fingerprint density at radius 2 is 1.98 bits per heavy atom. The first-order chi connectivity index (χ1) is 22.4. The predicted molar refractivity (Wildman–Crippen MR) is 163 cm³/mol. The Morgan fingerprint density at radius 3 is 2.68 bits per heavy atom. The standard InChI is InChI=1S/C31H33ClF5N7O3/c32-20-7-16(38)6-19(22(20)31(35,36)37)24-23(34)25-21-26(42-28(41-25)47-13-29-3-1-5-43(29)11-15(33)8-29)44(12-17-2-4-39-17)30(9-18(45)10-30)14-46-27(21)40-24/h6-7,15,17-18,39,45H,1-5,8-14,38H2/t15-,17?,18?,29+,30?/m1/s1. The van der Waals surface area contributed by atoms with Gasteiger partial charge in [0.25, 0.3) is 0 Å². The number of anilines is 2. The van der Waals surface area contributed by atoms with E-state index >= 15 is 4.39 Å². The van der Waals surface area contributed by atoms with Crippen molar-refractivity contribution in [1.82, 2.24) is 25.2 Å². The molecule has 6 heterocycles. The SMILES string of the molecule is Nc1cc(Cl)c(C(F)(F)F)c(-c2nc3c4c(nc(OC[C@@]56CCCN5C[C@H](F)C6)nc4c2F)N(CC2CCN2)C2(CO3)CC(O)C2)c1. The van der Waals surface area contributed by atoms with Crippen LogP contribution in [0.2, 0.25) is 5.02 Å². The van der Waals surface area contributed by atoms with Gasteiger partial charge in [-0.3, -0.25) is 4.90 Å². The van der Waals surface area contributed by atoms with E-state index in [1.165, 1.54) is 0 Å². The number of pyridine rings is 1. The average Bonchev–Trinajstić information content (AvgIpc) is 3.44. The Labute approximate surface area is 271 Å². The fourth-order valence-corrected chi connectivity index (χ4v) is 8.40. The molecule has 252 valence electrons. The van der Waals surface area contributed by atoms with Crippen molar-refractivity contribution < 1.29 is 36.5 Å². The number of nitrogens with one attached hydrogen (secondary N) is 1. The van der Waals surface area contributed by atoms with Gasteiger partial charge in [0.1, 0.15) is 41.8 Å². The Kier molecular flexibility index (Phi) is 7.18. The molecular formula is C31H33ClF5N7O3. The smallest absolute Gasteiger partial charge is 0.418 e. The highest BCUT2D eigenvalue weighted by Gasteiger charge is 2.53. The van der Waals surface area contributed by atoms with E-state index in [0.29, 0.717) is 32.4 Å². The lowest BCUT2D eigenvalue weighted by atomic mass is 9.73. The third-order valence-electron chi connectivity index (χ3n) is 10.5. The first-order valence-electron chi connectivity index (χ1n) is 15.8. The molecule has 0 radical (unpaired) electrons. The zero-order chi connectivity index (χ0) is 32.9. The van der Waals surface area contributed by atoms with E-state index in [-0.39, 0.29) is 60.0 Å². The van der Waals surface area contributed by atoms with Crippen molar-refractivity contribution in [3.8, 4) is 23.1 Å². The third kappa shape index (κ3) is 5.03. The van der Waals surface area contributed by atoms with Gasteiger partial charge in [-0.1, -0.05) is 11.6 Å². The topological polar surface area (TPSA) is 122 Å². The summed E-state index contributed by atoms with van der Waals surface area (Å²) in [6, 6.07) is 1.78. The molecule has 1 spiro atoms. The zero-order valence-corrected chi connectivity index (χ0v) is 26.0. The molecule has 1 aliphatic carbocycles. The molecule has 1 aromatic carbocycles. The fraction of sp³-hybridized carbons (Fsp3) is 0.581. The van der Waals surface area contributed by atoms with E-state index < -0.39 is 57.2 Å². The molecule has 3 saturated heterocycles. The summed E-state index contributed by atoms with van der Waals surface area (Å²) in [5.41, 5.74) is 1.44. The second-order valence-electron chi connectivity index (χ2n) is 13.5. The van der Waals surface area contributed by atoms with Crippen LogP contribution in [0.3, 0.4) is 0 Å². The molecule has 5 aliphatic rings. The van der Waals surface area contributed by atoms with E-state index in [4.69, 9.17) is 31.8 Å². The number of rotatable bonds is 6. The number of hydrogen-bond donors (Lipinski definition) is 3. The Bertz CT molecular complexity index is 1760. The number of aliphatic hydroxyl groups excluding tert-OH is 1. The molecule has 16 heteroatoms. The molecule has 10 nitrogen and oxygen atoms in total. The maximum Gasteiger partial charge on any atom is 0.418 e. The van der Waals surface area contributed by atoms with Crippen LogP contribution in [0.4, 0.5) is 33.5 Å². The van der Waals surface area contributed by atoms with Crippen molar-refractivity contribution in [2.75, 3.05) is 50.0 Å². The highest BCUT2D eigenvalue weighted by atomic mass is 35.5. The van der Waals surface area contributed by atoms with Crippen molar-refractivity contribution in [3.05, 3.63) is 28.5 Å². The minimum absolute atomic E-state index is 0.0102. The summed E-state index contributed by atoms with van der Waals surface area (Å²) >= 11 is 6.03. The number of ether oxygens (including phenoxy) is 2. The van der Waals surface area contributed by atoms with Gasteiger partial charge in [-0.25, -0.2) is 13.8 Å². The number of hydrogen-bond acceptors (Lipinski definition) is 10. The Balaban J connectivity index is 1.32. The number of benzene rings is 1. The highest BCUT2D eigenvalue weighted by Crippen LogP contribution is 2.50. The molecule has 4 fully saturated rings. The highest BCUT2D eigenvalue weighted by molar-refractivity contribution is 6.32. The van der Waals surface area contributed by atoms with Crippen LogP contribution >= 0.6 is 11.6 Å². The van der Waals surface area contributed by atoms with Crippen molar-refractivity contribution in [1.29, 1.82) is 0 Å². The molecule has 8 rings (SSSR count). The van der Waals surface area contributed by atoms with Crippen LogP contribution in [0.15, 0.2) is 12.1 Å². The summed E-state index contributed by atoms with van der Waals surface area (Å²) < 4.78 is 86.6. The van der Waals surface area contributed by atoms with Crippen LogP contribution in [0.5, 0.6) is 11.9 Å². The summed E-state index contributed by atoms with van der Waals surface area (Å²) in [7, 11) is 0. The lowest BCUT2D eigenvalue weighted by Crippen LogP contribution is -2.66. The molecule has 3 atom stereocenters. The molecular weight excluding hydrogens is 649 g/mol. The van der Waals surface area contributed by atoms with Crippen LogP contribution in [-0.2, 0) is 6.18 Å². The van der Waals surface area contributed by atoms with Crippen LogP contribution in [0, 0.1) is 5.82 Å². The molecule has 0 amide bonds. The summed E-state index contributed by atoms with van der Waals surface area (Å²) in [5.74, 6) is -1.08. The number of fused-ring (bicyclic) bond motifs is 1. The van der Waals surface area contributed by atoms with E-state index in [2.05, 4.69) is 20.2 Å². The average molecular weight is 682 g/mol. The van der Waals surface area contributed by atoms with Crippen LogP contribution < -0.4 is 25.4 Å². The Morgan fingerprint density at radius 1 is 1.19 bits per heavy atom. The molecule has 4 aliphatic heterocycles. The first-order valence-corrected chi connectivity index (χ1v) is 16.2. The van der Waals surface area contributed by atoms with Crippen molar-refractivity contribution in [2.24, 2.45) is 0 Å². The first kappa shape index (κ1) is 31.0. The number of alkyl halides is 4. The van der Waals surface area contributed by atoms with Gasteiger partial charge in [-0.15, -0.1) is 0 Å². The largest absolute Gasteiger partial charge is 0.475 e. The fourth-order valence-electron chi connectivity index (χ4n) is 8.06. The van der Waals surface area contributed by atoms with Crippen LogP contribution in [0.1, 0.15) is 44.1 Å². The molecule has 4 N–H and O–H groups in total. The maximum atomic E-state index is 16.8. The van der Waals surface area contributed by atoms with Gasteiger partial charge in [0.05, 0.1) is 27.8 Å². The van der Waals surface area contributed by atoms with E-state index in [0.717, 1.165) is 38.1 Å². The third-order valence-corrected chi connectivity index (χ3v) is 10.8. The van der Waals surface area contributed by atoms with Crippen LogP contribution in [-0.4, -0.2) is 93.7 Å². The van der Waals surface area contributed by atoms with Gasteiger partial charge in [-0.05, 0) is 44.5 Å². The monoisotopic (exact) mass is 681 g/mol. The van der Waals surface area contributed by atoms with Crippen molar-refractivity contribution in [3.63, 3.8) is 0 Å². The van der Waals surface area contributed by atoms with Crippen LogP contribution in [0.25, 0.3) is 22.2 Å². The summed E-state index contributed by atoms with van der Waals surface area (Å²) in [6.45, 7) is 2.36. The number of nitrogens with two attached hydrogens (primary N) is 1. The van der Waals surface area contributed by atoms with E-state index in [1.54, 1.807) is 0 Å².